The second-order valence-corrected chi connectivity index (χ2v) is 6.82. The fourth-order valence-corrected chi connectivity index (χ4v) is 3.63. The molecule has 0 fully saturated rings. The van der Waals surface area contributed by atoms with Crippen LogP contribution in [0.2, 0.25) is 0 Å². The molecule has 1 aliphatic rings. The zero-order valence-corrected chi connectivity index (χ0v) is 16.2. The van der Waals surface area contributed by atoms with Gasteiger partial charge in [-0.1, -0.05) is 50.6 Å². The molecule has 0 aliphatic carbocycles. The largest absolute Gasteiger partial charge is 0.494 e. The lowest BCUT2D eigenvalue weighted by Gasteiger charge is -2.48. The summed E-state index contributed by atoms with van der Waals surface area (Å²) < 4.78 is 5.79. The number of fused-ring (bicyclic) bond motifs is 1. The second kappa shape index (κ2) is 8.30. The van der Waals surface area contributed by atoms with Crippen LogP contribution in [-0.2, 0) is 5.66 Å². The first-order chi connectivity index (χ1) is 13.2. The van der Waals surface area contributed by atoms with Crippen LogP contribution in [0.1, 0.15) is 49.0 Å². The minimum absolute atomic E-state index is 0.0226. The van der Waals surface area contributed by atoms with Crippen molar-refractivity contribution in [1.82, 2.24) is 4.90 Å². The maximum atomic E-state index is 13.2. The highest BCUT2D eigenvalue weighted by Crippen LogP contribution is 2.40. The number of nitrogens with one attached hydrogen (secondary N) is 1. The lowest BCUT2D eigenvalue weighted by molar-refractivity contribution is 0.0524. The molecule has 0 aromatic heterocycles. The maximum Gasteiger partial charge on any atom is 0.258 e. The molecule has 3 rings (SSSR count). The summed E-state index contributed by atoms with van der Waals surface area (Å²) in [6, 6.07) is 15.8. The molecule has 4 heteroatoms. The van der Waals surface area contributed by atoms with Crippen molar-refractivity contribution in [3.63, 3.8) is 0 Å². The molecule has 0 saturated heterocycles. The lowest BCUT2D eigenvalue weighted by Crippen LogP contribution is -2.57. The molecule has 0 radical (unpaired) electrons. The minimum atomic E-state index is -0.610. The predicted molar refractivity (Wildman–Crippen MR) is 110 cm³/mol. The quantitative estimate of drug-likeness (QED) is 0.518. The van der Waals surface area contributed by atoms with Crippen LogP contribution in [0.25, 0.3) is 0 Å². The van der Waals surface area contributed by atoms with Crippen LogP contribution in [0, 0.1) is 0 Å². The lowest BCUT2D eigenvalue weighted by atomic mass is 9.89. The molecule has 1 unspecified atom stereocenters. The number of anilines is 1. The van der Waals surface area contributed by atoms with Crippen molar-refractivity contribution >= 4 is 11.6 Å². The van der Waals surface area contributed by atoms with E-state index >= 15 is 0 Å². The van der Waals surface area contributed by atoms with E-state index in [-0.39, 0.29) is 5.91 Å². The third kappa shape index (κ3) is 3.57. The van der Waals surface area contributed by atoms with Crippen LogP contribution in [-0.4, -0.2) is 24.0 Å². The van der Waals surface area contributed by atoms with E-state index in [1.165, 1.54) is 0 Å². The molecule has 142 valence electrons. The van der Waals surface area contributed by atoms with Crippen molar-refractivity contribution in [1.29, 1.82) is 0 Å². The van der Waals surface area contributed by atoms with Crippen LogP contribution in [0.5, 0.6) is 5.75 Å². The predicted octanol–water partition coefficient (Wildman–Crippen LogP) is 5.18. The molecular formula is C23H28N2O2. The average Bonchev–Trinajstić information content (AvgIpc) is 2.71. The van der Waals surface area contributed by atoms with Crippen molar-refractivity contribution in [3.05, 3.63) is 72.3 Å². The highest BCUT2D eigenvalue weighted by atomic mass is 16.5. The molecule has 0 spiro atoms. The monoisotopic (exact) mass is 364 g/mol. The van der Waals surface area contributed by atoms with E-state index in [2.05, 4.69) is 37.9 Å². The average molecular weight is 364 g/mol. The molecule has 0 saturated carbocycles. The highest BCUT2D eigenvalue weighted by molar-refractivity contribution is 6.02. The molecule has 4 nitrogen and oxygen atoms in total. The molecule has 1 atom stereocenters. The summed E-state index contributed by atoms with van der Waals surface area (Å²) in [5.41, 5.74) is 2.00. The zero-order valence-electron chi connectivity index (χ0n) is 16.2. The van der Waals surface area contributed by atoms with Crippen molar-refractivity contribution in [2.24, 2.45) is 0 Å². The molecule has 1 amide bonds. The third-order valence-electron chi connectivity index (χ3n) is 5.13. The Hall–Kier alpha value is -2.75. The molecular weight excluding hydrogens is 336 g/mol. The number of hydrogen-bond donors (Lipinski definition) is 1. The Morgan fingerprint density at radius 3 is 2.56 bits per heavy atom. The smallest absolute Gasteiger partial charge is 0.258 e. The Bertz CT molecular complexity index is 800. The SMILES string of the molecule is C=CCN1C(=O)c2ccccc2NC1(CC)c1ccc(OCCCC)cc1. The number of nitrogens with zero attached hydrogens (tertiary/aromatic N) is 1. The third-order valence-corrected chi connectivity index (χ3v) is 5.13. The van der Waals surface area contributed by atoms with Crippen LogP contribution in [0.15, 0.2) is 61.2 Å². The van der Waals surface area contributed by atoms with Crippen molar-refractivity contribution < 1.29 is 9.53 Å². The normalized spacial score (nSPS) is 18.6. The first-order valence-corrected chi connectivity index (χ1v) is 9.69. The number of amides is 1. The number of carbonyl (C=O) groups excluding carboxylic acids is 1. The van der Waals surface area contributed by atoms with E-state index in [1.54, 1.807) is 6.08 Å². The Morgan fingerprint density at radius 1 is 1.15 bits per heavy atom. The first kappa shape index (κ1) is 19.0. The number of ether oxygens (including phenoxy) is 1. The van der Waals surface area contributed by atoms with Crippen molar-refractivity contribution in [2.45, 2.75) is 38.8 Å². The van der Waals surface area contributed by atoms with Crippen molar-refractivity contribution in [3.8, 4) is 5.75 Å². The van der Waals surface area contributed by atoms with Crippen LogP contribution in [0.3, 0.4) is 0 Å². The summed E-state index contributed by atoms with van der Waals surface area (Å²) in [6.07, 6.45) is 4.66. The zero-order chi connectivity index (χ0) is 19.3. The molecule has 2 aromatic carbocycles. The summed E-state index contributed by atoms with van der Waals surface area (Å²) in [4.78, 5) is 15.1. The fraction of sp³-hybridized carbons (Fsp3) is 0.348. The molecule has 0 bridgehead atoms. The van der Waals surface area contributed by atoms with E-state index < -0.39 is 5.66 Å². The van der Waals surface area contributed by atoms with E-state index in [9.17, 15) is 4.79 Å². The number of hydrogen-bond acceptors (Lipinski definition) is 3. The topological polar surface area (TPSA) is 41.6 Å². The van der Waals surface area contributed by atoms with E-state index in [1.807, 2.05) is 41.3 Å². The van der Waals surface area contributed by atoms with Gasteiger partial charge in [-0.25, -0.2) is 0 Å². The molecule has 27 heavy (non-hydrogen) atoms. The molecule has 1 aliphatic heterocycles. The summed E-state index contributed by atoms with van der Waals surface area (Å²) >= 11 is 0. The molecule has 1 N–H and O–H groups in total. The van der Waals surface area contributed by atoms with Gasteiger partial charge in [0.1, 0.15) is 11.4 Å². The van der Waals surface area contributed by atoms with E-state index in [0.29, 0.717) is 12.1 Å². The van der Waals surface area contributed by atoms with Crippen LogP contribution < -0.4 is 10.1 Å². The Morgan fingerprint density at radius 2 is 1.89 bits per heavy atom. The molecule has 1 heterocycles. The summed E-state index contributed by atoms with van der Waals surface area (Å²) in [5.74, 6) is 0.880. The van der Waals surface area contributed by atoms with Crippen LogP contribution in [0.4, 0.5) is 5.69 Å². The van der Waals surface area contributed by atoms with Crippen molar-refractivity contribution in [2.75, 3.05) is 18.5 Å². The van der Waals surface area contributed by atoms with Gasteiger partial charge in [-0.2, -0.15) is 0 Å². The van der Waals surface area contributed by atoms with Gasteiger partial charge in [0.25, 0.3) is 5.91 Å². The van der Waals surface area contributed by atoms with Gasteiger partial charge < -0.3 is 15.0 Å². The fourth-order valence-electron chi connectivity index (χ4n) is 3.63. The van der Waals surface area contributed by atoms with Gasteiger partial charge in [0, 0.05) is 12.2 Å². The molecule has 2 aromatic rings. The van der Waals surface area contributed by atoms with Crippen LogP contribution >= 0.6 is 0 Å². The second-order valence-electron chi connectivity index (χ2n) is 6.82. The Kier molecular flexibility index (Phi) is 5.84. The first-order valence-electron chi connectivity index (χ1n) is 9.69. The number of carbonyl (C=O) groups is 1. The minimum Gasteiger partial charge on any atom is -0.494 e. The van der Waals surface area contributed by atoms with Gasteiger partial charge in [0.15, 0.2) is 0 Å². The highest BCUT2D eigenvalue weighted by Gasteiger charge is 2.44. The summed E-state index contributed by atoms with van der Waals surface area (Å²) in [6.45, 7) is 9.29. The maximum absolute atomic E-state index is 13.2. The van der Waals surface area contributed by atoms with Gasteiger partial charge in [0.2, 0.25) is 0 Å². The Balaban J connectivity index is 1.98. The summed E-state index contributed by atoms with van der Waals surface area (Å²) in [7, 11) is 0. The van der Waals surface area contributed by atoms with Gasteiger partial charge in [-0.3, -0.25) is 4.79 Å². The summed E-state index contributed by atoms with van der Waals surface area (Å²) in [5, 5.41) is 3.63. The van der Waals surface area contributed by atoms with E-state index in [0.717, 1.165) is 42.9 Å². The standard InChI is InChI=1S/C23H28N2O2/c1-4-7-17-27-19-14-12-18(13-15-19)23(6-3)24-21-11-9-8-10-20(21)22(26)25(23)16-5-2/h5,8-15,24H,2,4,6-7,16-17H2,1,3H3. The number of rotatable bonds is 8. The Labute approximate surface area is 161 Å². The van der Waals surface area contributed by atoms with Gasteiger partial charge in [-0.05, 0) is 42.7 Å². The van der Waals surface area contributed by atoms with Gasteiger partial charge in [0.05, 0.1) is 12.2 Å². The number of benzene rings is 2. The number of para-hydroxylation sites is 1. The van der Waals surface area contributed by atoms with Gasteiger partial charge >= 0.3 is 0 Å². The van der Waals surface area contributed by atoms with E-state index in [4.69, 9.17) is 4.74 Å². The van der Waals surface area contributed by atoms with Gasteiger partial charge in [-0.15, -0.1) is 6.58 Å². The number of unbranched alkanes of at least 4 members (excludes halogenated alkanes) is 1.